The van der Waals surface area contributed by atoms with E-state index in [0.717, 1.165) is 0 Å². The normalized spacial score (nSPS) is 8.96. The summed E-state index contributed by atoms with van der Waals surface area (Å²) in [4.78, 5) is 0. The molecule has 1 aromatic carbocycles. The minimum atomic E-state index is -4.62. The van der Waals surface area contributed by atoms with Crippen molar-refractivity contribution in [2.45, 2.75) is 5.71 Å². The Morgan fingerprint density at radius 2 is 1.35 bits per heavy atom. The van der Waals surface area contributed by atoms with Crippen LogP contribution in [-0.4, -0.2) is 33.4 Å². The average Bonchev–Trinajstić information content (AvgIpc) is 2.12. The van der Waals surface area contributed by atoms with Crippen molar-refractivity contribution in [2.24, 2.45) is 0 Å². The first-order valence-corrected chi connectivity index (χ1v) is 11.2. The fourth-order valence-electron chi connectivity index (χ4n) is 0.605. The molecule has 7 nitrogen and oxygen atoms in total. The summed E-state index contributed by atoms with van der Waals surface area (Å²) >= 11 is 6.62. The van der Waals surface area contributed by atoms with Gasteiger partial charge in [-0.05, 0) is 12.1 Å². The van der Waals surface area contributed by atoms with Crippen LogP contribution in [-0.2, 0) is 13.9 Å². The number of nitriles is 1. The summed E-state index contributed by atoms with van der Waals surface area (Å²) in [5.41, 5.74) is 1.03. The fraction of sp³-hybridized carbons (Fsp3) is 0.222. The molecule has 0 aliphatic carbocycles. The molecular weight excluding hydrogens is 465 g/mol. The number of hydrogen-bond acceptors (Lipinski definition) is 7. The molecule has 0 aliphatic heterocycles. The molecule has 0 radical (unpaired) electrons. The Labute approximate surface area is 214 Å². The van der Waals surface area contributed by atoms with E-state index in [1.165, 1.54) is 0 Å². The van der Waals surface area contributed by atoms with Crippen molar-refractivity contribution in [2.75, 3.05) is 6.26 Å². The van der Waals surface area contributed by atoms with Crippen molar-refractivity contribution in [1.82, 2.24) is 0 Å². The van der Waals surface area contributed by atoms with Crippen LogP contribution in [0.5, 0.6) is 0 Å². The van der Waals surface area contributed by atoms with E-state index < -0.39 is 24.3 Å². The van der Waals surface area contributed by atoms with Crippen LogP contribution in [0.4, 0.5) is 0 Å². The summed E-state index contributed by atoms with van der Waals surface area (Å²) in [5, 5.41) is 9.28. The summed E-state index contributed by atoms with van der Waals surface area (Å²) in [7, 11) is -3.92. The van der Waals surface area contributed by atoms with Crippen molar-refractivity contribution in [3.63, 3.8) is 0 Å². The van der Waals surface area contributed by atoms with E-state index in [2.05, 4.69) is 0 Å². The first-order chi connectivity index (χ1) is 8.75. The molecule has 0 N–H and O–H groups in total. The van der Waals surface area contributed by atoms with Gasteiger partial charge in [0.2, 0.25) is 0 Å². The Bertz CT molecular complexity index is 598. The molecule has 0 fully saturated rings. The van der Waals surface area contributed by atoms with Gasteiger partial charge in [-0.2, -0.15) is 5.26 Å². The van der Waals surface area contributed by atoms with Crippen LogP contribution in [0.25, 0.3) is 0 Å². The zero-order chi connectivity index (χ0) is 16.6. The predicted octanol–water partition coefficient (Wildman–Crippen LogP) is -9.26. The minimum absolute atomic E-state index is 0. The van der Waals surface area contributed by atoms with E-state index in [1.54, 1.807) is 18.2 Å². The molecule has 0 heterocycles. The number of nitrogens with zero attached hydrogens (tertiary/aromatic N) is 1. The third-order valence-electron chi connectivity index (χ3n) is 1.07. The molecule has 0 amide bonds. The molecule has 0 saturated carbocycles. The molecule has 0 aromatic heterocycles. The molecule has 14 heteroatoms. The van der Waals surface area contributed by atoms with E-state index in [-0.39, 0.29) is 88.7 Å². The average molecular weight is 474 g/mol. The van der Waals surface area contributed by atoms with Crippen LogP contribution in [0.15, 0.2) is 18.2 Å². The van der Waals surface area contributed by atoms with Crippen LogP contribution in [0.3, 0.4) is 0 Å². The molecule has 1 rings (SSSR count). The smallest absolute Gasteiger partial charge is 0.192 e. The Balaban J connectivity index is -0.0000000728. The van der Waals surface area contributed by atoms with Gasteiger partial charge in [-0.3, -0.25) is 0 Å². The number of rotatable bonds is 0. The molecule has 23 heavy (non-hydrogen) atoms. The van der Waals surface area contributed by atoms with Gasteiger partial charge < -0.3 is 4.55 Å². The van der Waals surface area contributed by atoms with E-state index >= 15 is 0 Å². The van der Waals surface area contributed by atoms with Gasteiger partial charge in [0.25, 0.3) is 0 Å². The largest absolute Gasteiger partial charge is 1.00 e. The van der Waals surface area contributed by atoms with E-state index in [9.17, 15) is 0 Å². The van der Waals surface area contributed by atoms with Gasteiger partial charge in [0.05, 0.1) is 25.7 Å². The Morgan fingerprint density at radius 3 is 1.48 bits per heavy atom. The zero-order valence-corrected chi connectivity index (χ0v) is 23.4. The van der Waals surface area contributed by atoms with Crippen LogP contribution in [0.2, 0.25) is 15.8 Å². The first-order valence-electron chi connectivity index (χ1n) is 4.50. The summed E-state index contributed by atoms with van der Waals surface area (Å²) in [5.74, 6) is 0. The van der Waals surface area contributed by atoms with Gasteiger partial charge in [0, 0.05) is 6.26 Å². The molecular formula is C9H9AsCl2NNa3O6S. The molecule has 0 aliphatic rings. The molecule has 0 unspecified atom stereocenters. The summed E-state index contributed by atoms with van der Waals surface area (Å²) in [6, 6.07) is 6.86. The Kier molecular flexibility index (Phi) is 28.3. The molecule has 0 spiro atoms. The number of halogens is 2. The maximum absolute atomic E-state index is 9.16. The third-order valence-corrected chi connectivity index (χ3v) is 1.70. The standard InChI is InChI=1S/C7H3Cl2N.CH5AsO3.CH4O3S.3Na/c8-6-2-1-3-7(9)5(6)4-10;1-2(3,4)5;1-5(2,3)4;;;/h1-3H;1H3,(H2,3,4,5);1H3,(H,2,3,4);;;/q;;;3*+1/p-3. The van der Waals surface area contributed by atoms with Gasteiger partial charge in [0.15, 0.2) is 0 Å². The number of hydrogen-bond donors (Lipinski definition) is 0. The summed E-state index contributed by atoms with van der Waals surface area (Å²) in [6.45, 7) is 0. The fourth-order valence-corrected chi connectivity index (χ4v) is 1.09. The molecule has 114 valence electrons. The molecule has 1 aromatic rings. The van der Waals surface area contributed by atoms with Crippen molar-refractivity contribution >= 4 is 47.5 Å². The van der Waals surface area contributed by atoms with E-state index in [1.807, 2.05) is 6.07 Å². The van der Waals surface area contributed by atoms with E-state index in [4.69, 9.17) is 53.4 Å². The monoisotopic (exact) mass is 473 g/mol. The maximum Gasteiger partial charge on any atom is 1.00 e. The third kappa shape index (κ3) is 36.2. The minimum Gasteiger partial charge on any atom is -0.192 e. The molecule has 0 atom stereocenters. The first kappa shape index (κ1) is 36.4. The van der Waals surface area contributed by atoms with Crippen molar-refractivity contribution in [3.8, 4) is 6.07 Å². The van der Waals surface area contributed by atoms with Gasteiger partial charge in [-0.25, -0.2) is 8.42 Å². The van der Waals surface area contributed by atoms with Gasteiger partial charge in [0.1, 0.15) is 6.07 Å². The Morgan fingerprint density at radius 1 is 1.13 bits per heavy atom. The van der Waals surface area contributed by atoms with Crippen LogP contribution in [0.1, 0.15) is 5.56 Å². The zero-order valence-electron chi connectivity index (χ0n) is 13.2. The van der Waals surface area contributed by atoms with Crippen LogP contribution in [0, 0.1) is 11.3 Å². The van der Waals surface area contributed by atoms with Crippen molar-refractivity contribution in [3.05, 3.63) is 33.8 Å². The second kappa shape index (κ2) is 17.9. The van der Waals surface area contributed by atoms with E-state index in [0.29, 0.717) is 27.6 Å². The van der Waals surface area contributed by atoms with Crippen LogP contribution >= 0.6 is 23.2 Å². The number of benzene rings is 1. The second-order valence-corrected chi connectivity index (χ2v) is 8.64. The molecule has 0 bridgehead atoms. The second-order valence-electron chi connectivity index (χ2n) is 3.18. The van der Waals surface area contributed by atoms with Gasteiger partial charge >= 0.3 is 120 Å². The van der Waals surface area contributed by atoms with Gasteiger partial charge in [-0.1, -0.05) is 29.3 Å². The summed E-state index contributed by atoms with van der Waals surface area (Å²) < 4.78 is 54.7. The maximum atomic E-state index is 9.16. The SMILES string of the molecule is CS(=O)(=O)[O-].C[As](=O)([O-])[O-].N#Cc1c(Cl)cccc1Cl.[Na+].[Na+].[Na+]. The predicted molar refractivity (Wildman–Crippen MR) is 69.1 cm³/mol. The topological polar surface area (TPSA) is 144 Å². The summed E-state index contributed by atoms with van der Waals surface area (Å²) in [6.07, 6.45) is 0.604. The van der Waals surface area contributed by atoms with Crippen molar-refractivity contribution in [1.29, 1.82) is 5.26 Å². The van der Waals surface area contributed by atoms with Crippen LogP contribution < -0.4 is 96.9 Å². The Hall–Kier alpha value is 2.48. The van der Waals surface area contributed by atoms with Gasteiger partial charge in [-0.15, -0.1) is 0 Å². The quantitative estimate of drug-likeness (QED) is 0.268. The molecule has 0 saturated heterocycles. The van der Waals surface area contributed by atoms with Crippen molar-refractivity contribution < 1.29 is 114 Å².